The molecule has 1 heterocycles. The molecule has 0 aliphatic carbocycles. The van der Waals surface area contributed by atoms with Gasteiger partial charge in [0.15, 0.2) is 0 Å². The molecule has 2 N–H and O–H groups in total. The van der Waals surface area contributed by atoms with E-state index in [4.69, 9.17) is 39.5 Å². The van der Waals surface area contributed by atoms with E-state index in [0.717, 1.165) is 36.7 Å². The van der Waals surface area contributed by atoms with Crippen molar-refractivity contribution in [3.8, 4) is 0 Å². The zero-order valence-electron chi connectivity index (χ0n) is 14.5. The maximum absolute atomic E-state index is 9.23. The SMILES string of the molecule is Clc1cccc(C[C@@H]2CNCCO2)c1.OC(CCl)Cc1cccc(Cl)c1. The Labute approximate surface area is 170 Å². The van der Waals surface area contributed by atoms with Crippen LogP contribution in [-0.2, 0) is 17.6 Å². The van der Waals surface area contributed by atoms with Gasteiger partial charge in [-0.3, -0.25) is 0 Å². The number of rotatable bonds is 5. The van der Waals surface area contributed by atoms with Crippen molar-refractivity contribution in [1.29, 1.82) is 0 Å². The first kappa shape index (κ1) is 21.5. The third-order valence-corrected chi connectivity index (χ3v) is 4.72. The monoisotopic (exact) mass is 415 g/mol. The number of benzene rings is 2. The van der Waals surface area contributed by atoms with Crippen LogP contribution in [0.25, 0.3) is 0 Å². The quantitative estimate of drug-likeness (QED) is 0.712. The highest BCUT2D eigenvalue weighted by Crippen LogP contribution is 2.14. The summed E-state index contributed by atoms with van der Waals surface area (Å²) < 4.78 is 5.62. The van der Waals surface area contributed by atoms with Crippen LogP contribution >= 0.6 is 34.8 Å². The van der Waals surface area contributed by atoms with Crippen LogP contribution < -0.4 is 5.32 Å². The van der Waals surface area contributed by atoms with Gasteiger partial charge in [-0.2, -0.15) is 0 Å². The van der Waals surface area contributed by atoms with Crippen molar-refractivity contribution in [3.05, 3.63) is 69.7 Å². The average Bonchev–Trinajstić information content (AvgIpc) is 2.63. The summed E-state index contributed by atoms with van der Waals surface area (Å²) in [4.78, 5) is 0. The Bertz CT molecular complexity index is 663. The smallest absolute Gasteiger partial charge is 0.0740 e. The Morgan fingerprint density at radius 2 is 1.73 bits per heavy atom. The summed E-state index contributed by atoms with van der Waals surface area (Å²) in [7, 11) is 0. The molecule has 0 amide bonds. The van der Waals surface area contributed by atoms with E-state index in [1.807, 2.05) is 36.4 Å². The lowest BCUT2D eigenvalue weighted by molar-refractivity contribution is 0.0292. The lowest BCUT2D eigenvalue weighted by atomic mass is 10.1. The molecule has 3 nitrogen and oxygen atoms in total. The predicted molar refractivity (Wildman–Crippen MR) is 110 cm³/mol. The summed E-state index contributed by atoms with van der Waals surface area (Å²) in [5.74, 6) is 0.256. The van der Waals surface area contributed by atoms with E-state index in [0.29, 0.717) is 17.5 Å². The fourth-order valence-electron chi connectivity index (χ4n) is 2.67. The summed E-state index contributed by atoms with van der Waals surface area (Å²) in [6.45, 7) is 2.71. The molecule has 6 heteroatoms. The normalized spacial score (nSPS) is 17.9. The molecule has 1 fully saturated rings. The number of ether oxygens (including phenoxy) is 1. The maximum Gasteiger partial charge on any atom is 0.0740 e. The van der Waals surface area contributed by atoms with Crippen molar-refractivity contribution in [3.63, 3.8) is 0 Å². The third-order valence-electron chi connectivity index (χ3n) is 3.90. The Kier molecular flexibility index (Phi) is 9.76. The van der Waals surface area contributed by atoms with Crippen molar-refractivity contribution < 1.29 is 9.84 Å². The molecular weight excluding hydrogens is 393 g/mol. The molecule has 2 aromatic carbocycles. The first-order chi connectivity index (χ1) is 12.6. The molecule has 0 saturated carbocycles. The lowest BCUT2D eigenvalue weighted by Gasteiger charge is -2.23. The van der Waals surface area contributed by atoms with Crippen LogP contribution in [0.1, 0.15) is 11.1 Å². The van der Waals surface area contributed by atoms with Crippen molar-refractivity contribution in [1.82, 2.24) is 5.32 Å². The Hall–Kier alpha value is -0.810. The van der Waals surface area contributed by atoms with Crippen molar-refractivity contribution >= 4 is 34.8 Å². The molecule has 0 radical (unpaired) electrons. The molecule has 0 aromatic heterocycles. The molecule has 2 atom stereocenters. The third kappa shape index (κ3) is 8.26. The van der Waals surface area contributed by atoms with E-state index in [2.05, 4.69) is 11.4 Å². The van der Waals surface area contributed by atoms with Gasteiger partial charge in [-0.25, -0.2) is 0 Å². The molecule has 0 spiro atoms. The highest BCUT2D eigenvalue weighted by atomic mass is 35.5. The maximum atomic E-state index is 9.23. The molecule has 1 unspecified atom stereocenters. The van der Waals surface area contributed by atoms with E-state index in [1.54, 1.807) is 6.07 Å². The van der Waals surface area contributed by atoms with Crippen LogP contribution in [0.4, 0.5) is 0 Å². The topological polar surface area (TPSA) is 41.5 Å². The molecule has 1 aliphatic heterocycles. The van der Waals surface area contributed by atoms with E-state index < -0.39 is 6.10 Å². The van der Waals surface area contributed by atoms with Gasteiger partial charge in [-0.05, 0) is 48.2 Å². The minimum absolute atomic E-state index is 0.256. The van der Waals surface area contributed by atoms with Gasteiger partial charge in [0.2, 0.25) is 0 Å². The van der Waals surface area contributed by atoms with Crippen LogP contribution in [0, 0.1) is 0 Å². The van der Waals surface area contributed by atoms with E-state index in [1.165, 1.54) is 5.56 Å². The van der Waals surface area contributed by atoms with Crippen molar-refractivity contribution in [2.45, 2.75) is 25.0 Å². The summed E-state index contributed by atoms with van der Waals surface area (Å²) in [6.07, 6.45) is 1.31. The molecule has 2 aromatic rings. The summed E-state index contributed by atoms with van der Waals surface area (Å²) in [6, 6.07) is 15.4. The van der Waals surface area contributed by atoms with Gasteiger partial charge in [-0.1, -0.05) is 47.5 Å². The van der Waals surface area contributed by atoms with Crippen molar-refractivity contribution in [2.75, 3.05) is 25.6 Å². The molecular formula is C20H24Cl3NO2. The second kappa shape index (κ2) is 11.8. The second-order valence-corrected chi connectivity index (χ2v) is 7.35. The minimum atomic E-state index is -0.481. The molecule has 1 aliphatic rings. The van der Waals surface area contributed by atoms with Gasteiger partial charge < -0.3 is 15.2 Å². The number of alkyl halides is 1. The summed E-state index contributed by atoms with van der Waals surface area (Å²) >= 11 is 17.1. The number of aliphatic hydroxyl groups is 1. The highest BCUT2D eigenvalue weighted by molar-refractivity contribution is 6.30. The van der Waals surface area contributed by atoms with Crippen LogP contribution in [0.2, 0.25) is 10.0 Å². The zero-order valence-corrected chi connectivity index (χ0v) is 16.8. The van der Waals surface area contributed by atoms with Crippen molar-refractivity contribution in [2.24, 2.45) is 0 Å². The Morgan fingerprint density at radius 1 is 1.08 bits per heavy atom. The van der Waals surface area contributed by atoms with Crippen LogP contribution in [0.5, 0.6) is 0 Å². The summed E-state index contributed by atoms with van der Waals surface area (Å²) in [5, 5.41) is 14.0. The van der Waals surface area contributed by atoms with Crippen LogP contribution in [0.15, 0.2) is 48.5 Å². The highest BCUT2D eigenvalue weighted by Gasteiger charge is 2.13. The van der Waals surface area contributed by atoms with E-state index in [-0.39, 0.29) is 5.88 Å². The Morgan fingerprint density at radius 3 is 2.31 bits per heavy atom. The van der Waals surface area contributed by atoms with E-state index >= 15 is 0 Å². The zero-order chi connectivity index (χ0) is 18.8. The molecule has 0 bridgehead atoms. The minimum Gasteiger partial charge on any atom is -0.392 e. The summed E-state index contributed by atoms with van der Waals surface area (Å²) in [5.41, 5.74) is 2.25. The van der Waals surface area contributed by atoms with Crippen LogP contribution in [-0.4, -0.2) is 42.9 Å². The molecule has 142 valence electrons. The number of morpholine rings is 1. The predicted octanol–water partition coefficient (Wildman–Crippen LogP) is 4.35. The number of nitrogens with one attached hydrogen (secondary N) is 1. The first-order valence-corrected chi connectivity index (χ1v) is 9.91. The molecule has 1 saturated heterocycles. The number of hydrogen-bond acceptors (Lipinski definition) is 3. The standard InChI is InChI=1S/C11H14ClNO.C9H10Cl2O/c12-10-3-1-2-9(6-10)7-11-8-13-4-5-14-11;10-6-9(12)5-7-2-1-3-8(11)4-7/h1-3,6,11,13H,4-5,7-8H2;1-4,9,12H,5-6H2/t11-;/m1./s1. The molecule has 3 rings (SSSR count). The first-order valence-electron chi connectivity index (χ1n) is 8.62. The second-order valence-electron chi connectivity index (χ2n) is 6.17. The fourth-order valence-corrected chi connectivity index (χ4v) is 3.20. The van der Waals surface area contributed by atoms with Gasteiger partial charge in [0.25, 0.3) is 0 Å². The number of hydrogen-bond donors (Lipinski definition) is 2. The average molecular weight is 417 g/mol. The van der Waals surface area contributed by atoms with Gasteiger partial charge in [-0.15, -0.1) is 11.6 Å². The van der Waals surface area contributed by atoms with Gasteiger partial charge >= 0.3 is 0 Å². The van der Waals surface area contributed by atoms with E-state index in [9.17, 15) is 5.11 Å². The van der Waals surface area contributed by atoms with Gasteiger partial charge in [0, 0.05) is 29.0 Å². The largest absolute Gasteiger partial charge is 0.392 e. The number of halogens is 3. The Balaban J connectivity index is 0.000000190. The van der Waals surface area contributed by atoms with Gasteiger partial charge in [0.05, 0.1) is 18.8 Å². The lowest BCUT2D eigenvalue weighted by Crippen LogP contribution is -2.39. The van der Waals surface area contributed by atoms with Crippen LogP contribution in [0.3, 0.4) is 0 Å². The number of aliphatic hydroxyl groups excluding tert-OH is 1. The van der Waals surface area contributed by atoms with Gasteiger partial charge in [0.1, 0.15) is 0 Å². The fraction of sp³-hybridized carbons (Fsp3) is 0.400. The molecule has 26 heavy (non-hydrogen) atoms.